The predicted octanol–water partition coefficient (Wildman–Crippen LogP) is 4.61. The van der Waals surface area contributed by atoms with Crippen LogP contribution in [0.25, 0.3) is 0 Å². The molecule has 1 aromatic carbocycles. The van der Waals surface area contributed by atoms with E-state index < -0.39 is 11.7 Å². The minimum absolute atomic E-state index is 0.232. The van der Waals surface area contributed by atoms with Crippen LogP contribution >= 0.6 is 11.3 Å². The van der Waals surface area contributed by atoms with Gasteiger partial charge < -0.3 is 0 Å². The summed E-state index contributed by atoms with van der Waals surface area (Å²) in [5.41, 5.74) is 0.383. The molecule has 0 spiro atoms. The zero-order chi connectivity index (χ0) is 14.2. The van der Waals surface area contributed by atoms with E-state index in [2.05, 4.69) is 0 Å². The summed E-state index contributed by atoms with van der Waals surface area (Å²) in [7, 11) is 0. The van der Waals surface area contributed by atoms with E-state index in [1.807, 2.05) is 19.9 Å². The first-order chi connectivity index (χ1) is 8.79. The highest BCUT2D eigenvalue weighted by molar-refractivity contribution is 7.14. The van der Waals surface area contributed by atoms with Crippen LogP contribution in [0.4, 0.5) is 13.2 Å². The zero-order valence-corrected chi connectivity index (χ0v) is 11.2. The van der Waals surface area contributed by atoms with Crippen molar-refractivity contribution in [1.29, 1.82) is 0 Å². The molecule has 0 fully saturated rings. The molecule has 2 aromatic rings. The van der Waals surface area contributed by atoms with Gasteiger partial charge in [0.15, 0.2) is 0 Å². The number of halogens is 3. The number of hydrogen-bond acceptors (Lipinski definition) is 2. The monoisotopic (exact) mass is 284 g/mol. The summed E-state index contributed by atoms with van der Waals surface area (Å²) in [6.45, 7) is 3.71. The Labute approximate surface area is 112 Å². The third kappa shape index (κ3) is 2.87. The molecule has 1 aromatic heterocycles. The molecule has 0 amide bonds. The van der Waals surface area contributed by atoms with Crippen LogP contribution < -0.4 is 0 Å². The minimum atomic E-state index is -4.38. The molecule has 0 bridgehead atoms. The number of carbonyl (C=O) groups excluding carboxylic acids is 1. The Balaban J connectivity index is 2.33. The van der Waals surface area contributed by atoms with E-state index in [1.165, 1.54) is 23.5 Å². The third-order valence-corrected chi connectivity index (χ3v) is 3.87. The van der Waals surface area contributed by atoms with Crippen LogP contribution in [-0.4, -0.2) is 5.78 Å². The van der Waals surface area contributed by atoms with E-state index in [-0.39, 0.29) is 11.3 Å². The molecule has 0 aliphatic carbocycles. The van der Waals surface area contributed by atoms with Crippen molar-refractivity contribution in [3.63, 3.8) is 0 Å². The fourth-order valence-electron chi connectivity index (χ4n) is 1.81. The van der Waals surface area contributed by atoms with E-state index in [9.17, 15) is 18.0 Å². The molecule has 0 radical (unpaired) electrons. The van der Waals surface area contributed by atoms with Crippen molar-refractivity contribution in [2.45, 2.75) is 20.0 Å². The topological polar surface area (TPSA) is 17.1 Å². The normalized spacial score (nSPS) is 11.6. The molecule has 1 heterocycles. The van der Waals surface area contributed by atoms with Crippen LogP contribution in [0.3, 0.4) is 0 Å². The van der Waals surface area contributed by atoms with Gasteiger partial charge in [-0.2, -0.15) is 13.2 Å². The molecule has 5 heteroatoms. The lowest BCUT2D eigenvalue weighted by atomic mass is 10.1. The molecule has 0 atom stereocenters. The Morgan fingerprint density at radius 1 is 1.11 bits per heavy atom. The molecule has 1 nitrogen and oxygen atoms in total. The Morgan fingerprint density at radius 3 is 2.11 bits per heavy atom. The van der Waals surface area contributed by atoms with Gasteiger partial charge in [-0.15, -0.1) is 11.3 Å². The fourth-order valence-corrected chi connectivity index (χ4v) is 2.80. The average Bonchev–Trinajstić information content (AvgIpc) is 2.66. The van der Waals surface area contributed by atoms with Crippen molar-refractivity contribution in [3.8, 4) is 0 Å². The molecule has 0 unspecified atom stereocenters. The van der Waals surface area contributed by atoms with Crippen molar-refractivity contribution >= 4 is 17.1 Å². The first-order valence-electron chi connectivity index (χ1n) is 5.58. The van der Waals surface area contributed by atoms with Crippen LogP contribution in [0, 0.1) is 13.8 Å². The molecule has 2 rings (SSSR count). The van der Waals surface area contributed by atoms with Gasteiger partial charge in [0.05, 0.1) is 10.4 Å². The summed E-state index contributed by atoms with van der Waals surface area (Å²) in [4.78, 5) is 13.8. The number of thiophene rings is 1. The van der Waals surface area contributed by atoms with Crippen LogP contribution in [0.2, 0.25) is 0 Å². The van der Waals surface area contributed by atoms with Crippen molar-refractivity contribution in [1.82, 2.24) is 0 Å². The van der Waals surface area contributed by atoms with Crippen molar-refractivity contribution < 1.29 is 18.0 Å². The lowest BCUT2D eigenvalue weighted by Crippen LogP contribution is -2.06. The summed E-state index contributed by atoms with van der Waals surface area (Å²) in [5, 5.41) is 0. The number of hydrogen-bond donors (Lipinski definition) is 0. The second-order valence-corrected chi connectivity index (χ2v) is 5.53. The lowest BCUT2D eigenvalue weighted by Gasteiger charge is -2.07. The van der Waals surface area contributed by atoms with Crippen molar-refractivity contribution in [3.05, 3.63) is 56.8 Å². The van der Waals surface area contributed by atoms with E-state index >= 15 is 0 Å². The van der Waals surface area contributed by atoms with Crippen molar-refractivity contribution in [2.75, 3.05) is 0 Å². The molecule has 0 aliphatic rings. The maximum atomic E-state index is 12.4. The first kappa shape index (κ1) is 13.8. The highest BCUT2D eigenvalue weighted by Crippen LogP contribution is 2.30. The van der Waals surface area contributed by atoms with Crippen LogP contribution in [0.5, 0.6) is 0 Å². The number of aryl methyl sites for hydroxylation is 2. The average molecular weight is 284 g/mol. The van der Waals surface area contributed by atoms with Gasteiger partial charge in [0.25, 0.3) is 0 Å². The number of ketones is 1. The van der Waals surface area contributed by atoms with Crippen LogP contribution in [-0.2, 0) is 6.18 Å². The summed E-state index contributed by atoms with van der Waals surface area (Å²) < 4.78 is 37.3. The van der Waals surface area contributed by atoms with Crippen LogP contribution in [0.1, 0.15) is 31.2 Å². The summed E-state index contributed by atoms with van der Waals surface area (Å²) in [5.74, 6) is -0.232. The summed E-state index contributed by atoms with van der Waals surface area (Å²) in [6.07, 6.45) is -4.38. The number of alkyl halides is 3. The Morgan fingerprint density at radius 2 is 1.68 bits per heavy atom. The van der Waals surface area contributed by atoms with E-state index in [0.717, 1.165) is 22.6 Å². The summed E-state index contributed by atoms with van der Waals surface area (Å²) in [6, 6.07) is 6.20. The van der Waals surface area contributed by atoms with Crippen molar-refractivity contribution in [2.24, 2.45) is 0 Å². The molecular formula is C14H11F3OS. The van der Waals surface area contributed by atoms with E-state index in [4.69, 9.17) is 0 Å². The van der Waals surface area contributed by atoms with Gasteiger partial charge >= 0.3 is 6.18 Å². The molecule has 19 heavy (non-hydrogen) atoms. The maximum absolute atomic E-state index is 12.4. The largest absolute Gasteiger partial charge is 0.416 e. The quantitative estimate of drug-likeness (QED) is 0.736. The molecule has 0 saturated carbocycles. The van der Waals surface area contributed by atoms with Gasteiger partial charge in [0, 0.05) is 10.4 Å². The molecule has 0 saturated heterocycles. The minimum Gasteiger partial charge on any atom is -0.288 e. The van der Waals surface area contributed by atoms with Gasteiger partial charge in [-0.1, -0.05) is 12.1 Å². The highest BCUT2D eigenvalue weighted by atomic mass is 32.1. The summed E-state index contributed by atoms with van der Waals surface area (Å²) >= 11 is 1.36. The van der Waals surface area contributed by atoms with E-state index in [0.29, 0.717) is 4.88 Å². The fraction of sp³-hybridized carbons (Fsp3) is 0.214. The maximum Gasteiger partial charge on any atom is 0.416 e. The number of benzene rings is 1. The SMILES string of the molecule is Cc1cc(C)c(C(=O)c2ccc(C(F)(F)F)cc2)s1. The van der Waals surface area contributed by atoms with Gasteiger partial charge in [-0.05, 0) is 37.6 Å². The van der Waals surface area contributed by atoms with Gasteiger partial charge in [-0.3, -0.25) is 4.79 Å². The molecule has 100 valence electrons. The zero-order valence-electron chi connectivity index (χ0n) is 10.3. The highest BCUT2D eigenvalue weighted by Gasteiger charge is 2.30. The Bertz CT molecular complexity index is 609. The number of rotatable bonds is 2. The molecular weight excluding hydrogens is 273 g/mol. The Hall–Kier alpha value is -1.62. The smallest absolute Gasteiger partial charge is 0.288 e. The predicted molar refractivity (Wildman–Crippen MR) is 68.7 cm³/mol. The van der Waals surface area contributed by atoms with E-state index in [1.54, 1.807) is 0 Å². The standard InChI is InChI=1S/C14H11F3OS/c1-8-7-9(2)19-13(8)12(18)10-3-5-11(6-4-10)14(15,16)17/h3-7H,1-2H3. The number of carbonyl (C=O) groups is 1. The second-order valence-electron chi connectivity index (χ2n) is 4.27. The molecule has 0 N–H and O–H groups in total. The van der Waals surface area contributed by atoms with Crippen LogP contribution in [0.15, 0.2) is 30.3 Å². The third-order valence-electron chi connectivity index (χ3n) is 2.72. The van der Waals surface area contributed by atoms with Gasteiger partial charge in [0.1, 0.15) is 0 Å². The van der Waals surface area contributed by atoms with Gasteiger partial charge in [-0.25, -0.2) is 0 Å². The lowest BCUT2D eigenvalue weighted by molar-refractivity contribution is -0.137. The molecule has 0 aliphatic heterocycles. The Kier molecular flexibility index (Phi) is 3.49. The van der Waals surface area contributed by atoms with Gasteiger partial charge in [0.2, 0.25) is 5.78 Å². The first-order valence-corrected chi connectivity index (χ1v) is 6.39. The second kappa shape index (κ2) is 4.81.